The summed E-state index contributed by atoms with van der Waals surface area (Å²) >= 11 is 5.18. The Morgan fingerprint density at radius 3 is 2.76 bits per heavy atom. The predicted molar refractivity (Wildman–Crippen MR) is 121 cm³/mol. The first-order valence-electron chi connectivity index (χ1n) is 9.77. The van der Waals surface area contributed by atoms with Gasteiger partial charge in [-0.3, -0.25) is 9.69 Å². The Morgan fingerprint density at radius 1 is 1.31 bits per heavy atom. The highest BCUT2D eigenvalue weighted by atomic mass is 79.9. The van der Waals surface area contributed by atoms with E-state index in [0.29, 0.717) is 17.8 Å². The van der Waals surface area contributed by atoms with E-state index in [1.807, 2.05) is 36.1 Å². The number of nitriles is 1. The fourth-order valence-corrected chi connectivity index (χ4v) is 5.80. The molecule has 1 aliphatic heterocycles. The van der Waals surface area contributed by atoms with Crippen LogP contribution in [0, 0.1) is 18.3 Å². The van der Waals surface area contributed by atoms with Crippen LogP contribution in [0.15, 0.2) is 57.5 Å². The first kappa shape index (κ1) is 19.9. The molecule has 2 heterocycles. The average molecular weight is 468 g/mol. The molecule has 1 aromatic carbocycles. The molecule has 2 aromatic rings. The summed E-state index contributed by atoms with van der Waals surface area (Å²) in [6.45, 7) is 4.13. The van der Waals surface area contributed by atoms with Crippen molar-refractivity contribution >= 4 is 38.7 Å². The van der Waals surface area contributed by atoms with E-state index in [2.05, 4.69) is 35.0 Å². The number of rotatable bonds is 3. The van der Waals surface area contributed by atoms with Gasteiger partial charge in [0.15, 0.2) is 5.78 Å². The Bertz CT molecular complexity index is 1110. The Hall–Kier alpha value is -2.36. The SMILES string of the molecule is CCc1ccc([C@H]2C(C#N)=C(N)N(c3ccc(Br)cc3C)C3=C2C(=O)CCC3)s1. The van der Waals surface area contributed by atoms with Gasteiger partial charge in [0.25, 0.3) is 0 Å². The molecule has 0 radical (unpaired) electrons. The number of aryl methyl sites for hydroxylation is 2. The molecule has 4 nitrogen and oxygen atoms in total. The molecule has 0 bridgehead atoms. The van der Waals surface area contributed by atoms with E-state index in [-0.39, 0.29) is 11.7 Å². The van der Waals surface area contributed by atoms with Gasteiger partial charge in [-0.25, -0.2) is 0 Å². The largest absolute Gasteiger partial charge is 0.384 e. The predicted octanol–water partition coefficient (Wildman–Crippen LogP) is 5.69. The van der Waals surface area contributed by atoms with Crippen LogP contribution in [0.4, 0.5) is 5.69 Å². The van der Waals surface area contributed by atoms with Gasteiger partial charge in [0, 0.05) is 31.9 Å². The molecule has 0 amide bonds. The lowest BCUT2D eigenvalue weighted by Crippen LogP contribution is -2.38. The van der Waals surface area contributed by atoms with Gasteiger partial charge < -0.3 is 5.73 Å². The highest BCUT2D eigenvalue weighted by Crippen LogP contribution is 2.48. The smallest absolute Gasteiger partial charge is 0.161 e. The lowest BCUT2D eigenvalue weighted by atomic mass is 9.78. The summed E-state index contributed by atoms with van der Waals surface area (Å²) in [6.07, 6.45) is 3.03. The van der Waals surface area contributed by atoms with Gasteiger partial charge in [-0.1, -0.05) is 22.9 Å². The zero-order valence-electron chi connectivity index (χ0n) is 16.5. The van der Waals surface area contributed by atoms with Gasteiger partial charge in [0.2, 0.25) is 0 Å². The summed E-state index contributed by atoms with van der Waals surface area (Å²) in [4.78, 5) is 17.3. The second-order valence-electron chi connectivity index (χ2n) is 7.40. The van der Waals surface area contributed by atoms with Crippen LogP contribution in [0.3, 0.4) is 0 Å². The number of anilines is 1. The summed E-state index contributed by atoms with van der Waals surface area (Å²) in [5, 5.41) is 10.1. The summed E-state index contributed by atoms with van der Waals surface area (Å²) in [5.74, 6) is 0.200. The van der Waals surface area contributed by atoms with E-state index in [0.717, 1.165) is 51.1 Å². The molecule has 0 saturated carbocycles. The van der Waals surface area contributed by atoms with Crippen LogP contribution in [0.2, 0.25) is 0 Å². The lowest BCUT2D eigenvalue weighted by molar-refractivity contribution is -0.116. The Kier molecular flexibility index (Phi) is 5.37. The Labute approximate surface area is 183 Å². The summed E-state index contributed by atoms with van der Waals surface area (Å²) in [5.41, 5.74) is 10.7. The number of nitrogens with zero attached hydrogens (tertiary/aromatic N) is 2. The topological polar surface area (TPSA) is 70.1 Å². The van der Waals surface area contributed by atoms with Crippen molar-refractivity contribution in [1.82, 2.24) is 0 Å². The zero-order valence-corrected chi connectivity index (χ0v) is 18.9. The Morgan fingerprint density at radius 2 is 2.10 bits per heavy atom. The number of hydrogen-bond donors (Lipinski definition) is 1. The molecule has 0 saturated heterocycles. The van der Waals surface area contributed by atoms with Crippen LogP contribution in [0.1, 0.15) is 47.4 Å². The van der Waals surface area contributed by atoms with Crippen LogP contribution in [-0.2, 0) is 11.2 Å². The van der Waals surface area contributed by atoms with E-state index < -0.39 is 0 Å². The minimum absolute atomic E-state index is 0.128. The standard InChI is InChI=1S/C23H22BrN3OS/c1-3-15-8-10-20(29-15)21-16(12-25)23(26)27(17-9-7-14(24)11-13(17)2)18-5-4-6-19(28)22(18)21/h7-11,21H,3-6,26H2,1-2H3/t21-/m1/s1. The number of thiophene rings is 1. The van der Waals surface area contributed by atoms with Gasteiger partial charge in [0.1, 0.15) is 5.82 Å². The van der Waals surface area contributed by atoms with Crippen LogP contribution in [-0.4, -0.2) is 5.78 Å². The first-order valence-corrected chi connectivity index (χ1v) is 11.4. The molecule has 0 fully saturated rings. The van der Waals surface area contributed by atoms with Crippen LogP contribution < -0.4 is 10.6 Å². The maximum absolute atomic E-state index is 13.1. The normalized spacial score (nSPS) is 19.4. The third kappa shape index (κ3) is 3.33. The number of ketones is 1. The first-order chi connectivity index (χ1) is 14.0. The van der Waals surface area contributed by atoms with E-state index in [9.17, 15) is 10.1 Å². The second-order valence-corrected chi connectivity index (χ2v) is 9.52. The van der Waals surface area contributed by atoms with Crippen LogP contribution in [0.25, 0.3) is 0 Å². The minimum Gasteiger partial charge on any atom is -0.384 e. The van der Waals surface area contributed by atoms with Gasteiger partial charge in [0.05, 0.1) is 23.2 Å². The summed E-state index contributed by atoms with van der Waals surface area (Å²) in [7, 11) is 0. The maximum Gasteiger partial charge on any atom is 0.161 e. The quantitative estimate of drug-likeness (QED) is 0.629. The van der Waals surface area contributed by atoms with Crippen molar-refractivity contribution in [1.29, 1.82) is 5.26 Å². The van der Waals surface area contributed by atoms with Gasteiger partial charge in [-0.05, 0) is 62.1 Å². The van der Waals surface area contributed by atoms with Crippen molar-refractivity contribution in [2.45, 2.75) is 45.4 Å². The fraction of sp³-hybridized carbons (Fsp3) is 0.304. The van der Waals surface area contributed by atoms with Gasteiger partial charge in [-0.2, -0.15) is 5.26 Å². The molecule has 1 aromatic heterocycles. The van der Waals surface area contributed by atoms with Gasteiger partial charge >= 0.3 is 0 Å². The van der Waals surface area contributed by atoms with Crippen molar-refractivity contribution in [2.75, 3.05) is 4.90 Å². The number of nitrogens with two attached hydrogens (primary N) is 1. The Balaban J connectivity index is 1.96. The number of carbonyl (C=O) groups excluding carboxylic acids is 1. The zero-order chi connectivity index (χ0) is 20.7. The minimum atomic E-state index is -0.361. The van der Waals surface area contributed by atoms with Crippen molar-refractivity contribution < 1.29 is 4.79 Å². The molecule has 1 aliphatic carbocycles. The van der Waals surface area contributed by atoms with Crippen molar-refractivity contribution in [3.05, 3.63) is 72.8 Å². The molecule has 1 atom stereocenters. The maximum atomic E-state index is 13.1. The number of allylic oxidation sites excluding steroid dienone is 3. The average Bonchev–Trinajstić information content (AvgIpc) is 3.17. The van der Waals surface area contributed by atoms with E-state index in [1.165, 1.54) is 4.88 Å². The second kappa shape index (κ2) is 7.81. The molecule has 0 spiro atoms. The summed E-state index contributed by atoms with van der Waals surface area (Å²) in [6, 6.07) is 12.5. The molecule has 2 aliphatic rings. The molecule has 0 unspecified atom stereocenters. The third-order valence-electron chi connectivity index (χ3n) is 5.63. The fourth-order valence-electron chi connectivity index (χ4n) is 4.26. The van der Waals surface area contributed by atoms with E-state index >= 15 is 0 Å². The van der Waals surface area contributed by atoms with Crippen molar-refractivity contribution in [3.63, 3.8) is 0 Å². The van der Waals surface area contributed by atoms with Gasteiger partial charge in [-0.15, -0.1) is 11.3 Å². The third-order valence-corrected chi connectivity index (χ3v) is 7.42. The number of carbonyl (C=O) groups is 1. The monoisotopic (exact) mass is 467 g/mol. The highest BCUT2D eigenvalue weighted by molar-refractivity contribution is 9.10. The van der Waals surface area contributed by atoms with Crippen LogP contribution >= 0.6 is 27.3 Å². The van der Waals surface area contributed by atoms with Crippen LogP contribution in [0.5, 0.6) is 0 Å². The van der Waals surface area contributed by atoms with Crippen molar-refractivity contribution in [3.8, 4) is 6.07 Å². The molecular formula is C23H22BrN3OS. The number of halogens is 1. The molecule has 148 valence electrons. The summed E-state index contributed by atoms with van der Waals surface area (Å²) < 4.78 is 0.983. The lowest BCUT2D eigenvalue weighted by Gasteiger charge is -2.39. The molecule has 6 heteroatoms. The highest BCUT2D eigenvalue weighted by Gasteiger charge is 2.41. The molecule has 29 heavy (non-hydrogen) atoms. The van der Waals surface area contributed by atoms with Crippen molar-refractivity contribution in [2.24, 2.45) is 5.73 Å². The molecule has 2 N–H and O–H groups in total. The molecule has 4 rings (SSSR count). The van der Waals surface area contributed by atoms with E-state index in [1.54, 1.807) is 11.3 Å². The van der Waals surface area contributed by atoms with E-state index in [4.69, 9.17) is 5.73 Å². The number of hydrogen-bond acceptors (Lipinski definition) is 5. The molecular weight excluding hydrogens is 446 g/mol. The number of benzene rings is 1. The number of Topliss-reactive ketones (excluding diaryl/α,β-unsaturated/α-hetero) is 1.